The van der Waals surface area contributed by atoms with Crippen LogP contribution in [-0.4, -0.2) is 19.9 Å². The lowest BCUT2D eigenvalue weighted by molar-refractivity contribution is 0.270. The maximum Gasteiger partial charge on any atom is 0.240 e. The summed E-state index contributed by atoms with van der Waals surface area (Å²) in [6.45, 7) is 2.73. The Hall–Kier alpha value is -1.18. The van der Waals surface area contributed by atoms with Gasteiger partial charge >= 0.3 is 0 Å². The zero-order valence-electron chi connectivity index (χ0n) is 12.4. The van der Waals surface area contributed by atoms with Crippen molar-refractivity contribution < 1.29 is 8.42 Å². The highest BCUT2D eigenvalue weighted by Crippen LogP contribution is 2.30. The summed E-state index contributed by atoms with van der Waals surface area (Å²) in [5.41, 5.74) is 2.35. The van der Waals surface area contributed by atoms with Crippen molar-refractivity contribution in [1.82, 2.24) is 9.71 Å². The van der Waals surface area contributed by atoms with E-state index in [1.165, 1.54) is 37.6 Å². The molecule has 0 saturated heterocycles. The Morgan fingerprint density at radius 1 is 1.29 bits per heavy atom. The van der Waals surface area contributed by atoms with E-state index in [9.17, 15) is 8.42 Å². The summed E-state index contributed by atoms with van der Waals surface area (Å²) in [5.74, 6) is 6.84. The predicted octanol–water partition coefficient (Wildman–Crippen LogP) is 1.86. The number of rotatable bonds is 6. The first-order chi connectivity index (χ1) is 10.0. The third kappa shape index (κ3) is 4.39. The van der Waals surface area contributed by atoms with E-state index in [1.54, 1.807) is 0 Å². The average molecular weight is 312 g/mol. The molecule has 1 saturated carbocycles. The number of anilines is 1. The number of nitrogens with zero attached hydrogens (tertiary/aromatic N) is 1. The van der Waals surface area contributed by atoms with E-state index in [0.717, 1.165) is 18.8 Å². The highest BCUT2D eigenvalue weighted by molar-refractivity contribution is 7.89. The number of hydrogen-bond acceptors (Lipinski definition) is 5. The Kier molecular flexibility index (Phi) is 5.55. The monoisotopic (exact) mass is 312 g/mol. The molecule has 0 amide bonds. The largest absolute Gasteiger partial charge is 0.308 e. The summed E-state index contributed by atoms with van der Waals surface area (Å²) < 4.78 is 27.2. The number of hydrogen-bond donors (Lipinski definition) is 3. The fourth-order valence-electron chi connectivity index (χ4n) is 2.81. The number of nitrogen functional groups attached to an aromatic ring is 1. The summed E-state index contributed by atoms with van der Waals surface area (Å²) in [6, 6.07) is 2.90. The molecule has 1 fully saturated rings. The third-order valence-corrected chi connectivity index (χ3v) is 5.72. The molecule has 0 unspecified atom stereocenters. The van der Waals surface area contributed by atoms with Crippen LogP contribution in [0.3, 0.4) is 0 Å². The van der Waals surface area contributed by atoms with Crippen molar-refractivity contribution in [2.75, 3.05) is 12.0 Å². The van der Waals surface area contributed by atoms with Gasteiger partial charge in [-0.3, -0.25) is 0 Å². The van der Waals surface area contributed by atoms with Crippen LogP contribution < -0.4 is 16.0 Å². The quantitative estimate of drug-likeness (QED) is 0.550. The molecule has 118 valence electrons. The molecule has 0 atom stereocenters. The smallest absolute Gasteiger partial charge is 0.240 e. The Morgan fingerprint density at radius 2 is 1.95 bits per heavy atom. The molecule has 0 spiro atoms. The van der Waals surface area contributed by atoms with Crippen LogP contribution >= 0.6 is 0 Å². The molecular formula is C14H24N4O2S. The van der Waals surface area contributed by atoms with Crippen LogP contribution in [0.4, 0.5) is 5.82 Å². The number of pyridine rings is 1. The minimum atomic E-state index is -3.50. The standard InChI is InChI=1S/C14H24N4O2S/c1-2-11-3-5-12(6-4-11)10-17-21(19,20)13-7-8-16-14(9-13)18-15/h7-9,11-12,17H,2-6,10,15H2,1H3,(H,16,18). The zero-order valence-corrected chi connectivity index (χ0v) is 13.2. The molecule has 1 heterocycles. The van der Waals surface area contributed by atoms with Crippen molar-refractivity contribution >= 4 is 15.8 Å². The van der Waals surface area contributed by atoms with Gasteiger partial charge in [-0.05, 0) is 30.7 Å². The number of nitrogens with two attached hydrogens (primary N) is 1. The number of aromatic nitrogens is 1. The Balaban J connectivity index is 1.92. The van der Waals surface area contributed by atoms with Crippen LogP contribution in [0.15, 0.2) is 23.2 Å². The van der Waals surface area contributed by atoms with E-state index in [1.807, 2.05) is 0 Å². The minimum Gasteiger partial charge on any atom is -0.308 e. The van der Waals surface area contributed by atoms with Gasteiger partial charge in [0.2, 0.25) is 10.0 Å². The van der Waals surface area contributed by atoms with E-state index >= 15 is 0 Å². The Bertz CT molecular complexity index is 554. The molecule has 0 aliphatic heterocycles. The zero-order chi connectivity index (χ0) is 15.3. The lowest BCUT2D eigenvalue weighted by Gasteiger charge is -2.27. The van der Waals surface area contributed by atoms with Gasteiger partial charge in [0.25, 0.3) is 0 Å². The van der Waals surface area contributed by atoms with E-state index in [-0.39, 0.29) is 4.90 Å². The van der Waals surface area contributed by atoms with E-state index < -0.39 is 10.0 Å². The van der Waals surface area contributed by atoms with Gasteiger partial charge in [0.15, 0.2) is 0 Å². The van der Waals surface area contributed by atoms with E-state index in [4.69, 9.17) is 5.84 Å². The van der Waals surface area contributed by atoms with Crippen LogP contribution in [0, 0.1) is 11.8 Å². The van der Waals surface area contributed by atoms with Crippen LogP contribution in [-0.2, 0) is 10.0 Å². The molecule has 6 nitrogen and oxygen atoms in total. The van der Waals surface area contributed by atoms with Crippen molar-refractivity contribution in [1.29, 1.82) is 0 Å². The molecule has 21 heavy (non-hydrogen) atoms. The highest BCUT2D eigenvalue weighted by atomic mass is 32.2. The minimum absolute atomic E-state index is 0.188. The molecule has 7 heteroatoms. The van der Waals surface area contributed by atoms with Crippen molar-refractivity contribution in [3.8, 4) is 0 Å². The maximum absolute atomic E-state index is 12.3. The Labute approximate surface area is 126 Å². The lowest BCUT2D eigenvalue weighted by atomic mass is 9.81. The van der Waals surface area contributed by atoms with Gasteiger partial charge in [-0.2, -0.15) is 0 Å². The van der Waals surface area contributed by atoms with Gasteiger partial charge in [-0.1, -0.05) is 26.2 Å². The second kappa shape index (κ2) is 7.20. The van der Waals surface area contributed by atoms with Crippen molar-refractivity contribution in [2.24, 2.45) is 17.7 Å². The van der Waals surface area contributed by atoms with Crippen molar-refractivity contribution in [2.45, 2.75) is 43.9 Å². The summed E-state index contributed by atoms with van der Waals surface area (Å²) in [7, 11) is -3.50. The number of hydrazine groups is 1. The summed E-state index contributed by atoms with van der Waals surface area (Å²) in [5, 5.41) is 0. The molecule has 1 aromatic heterocycles. The molecule has 4 N–H and O–H groups in total. The number of nitrogens with one attached hydrogen (secondary N) is 2. The Morgan fingerprint density at radius 3 is 2.57 bits per heavy atom. The van der Waals surface area contributed by atoms with Crippen LogP contribution in [0.2, 0.25) is 0 Å². The molecule has 1 aliphatic rings. The van der Waals surface area contributed by atoms with Gasteiger partial charge in [0.1, 0.15) is 5.82 Å². The summed E-state index contributed by atoms with van der Waals surface area (Å²) in [6.07, 6.45) is 7.28. The van der Waals surface area contributed by atoms with Gasteiger partial charge in [0, 0.05) is 18.8 Å². The van der Waals surface area contributed by atoms with E-state index in [0.29, 0.717) is 18.3 Å². The predicted molar refractivity (Wildman–Crippen MR) is 83.0 cm³/mol. The lowest BCUT2D eigenvalue weighted by Crippen LogP contribution is -2.31. The van der Waals surface area contributed by atoms with Gasteiger partial charge < -0.3 is 5.43 Å². The molecular weight excluding hydrogens is 288 g/mol. The molecule has 1 aliphatic carbocycles. The highest BCUT2D eigenvalue weighted by Gasteiger charge is 2.22. The summed E-state index contributed by atoms with van der Waals surface area (Å²) in [4.78, 5) is 4.10. The SMILES string of the molecule is CCC1CCC(CNS(=O)(=O)c2ccnc(NN)c2)CC1. The van der Waals surface area contributed by atoms with Crippen molar-refractivity contribution in [3.05, 3.63) is 18.3 Å². The third-order valence-electron chi connectivity index (χ3n) is 4.30. The fourth-order valence-corrected chi connectivity index (χ4v) is 3.94. The number of sulfonamides is 1. The molecule has 0 bridgehead atoms. The molecule has 0 radical (unpaired) electrons. The first-order valence-electron chi connectivity index (χ1n) is 7.47. The second-order valence-corrected chi connectivity index (χ2v) is 7.43. The van der Waals surface area contributed by atoms with Crippen LogP contribution in [0.25, 0.3) is 0 Å². The second-order valence-electron chi connectivity index (χ2n) is 5.67. The van der Waals surface area contributed by atoms with Crippen LogP contribution in [0.1, 0.15) is 39.0 Å². The maximum atomic E-state index is 12.3. The first kappa shape index (κ1) is 16.2. The fraction of sp³-hybridized carbons (Fsp3) is 0.643. The van der Waals surface area contributed by atoms with E-state index in [2.05, 4.69) is 22.1 Å². The normalized spacial score (nSPS) is 23.0. The molecule has 1 aromatic rings. The first-order valence-corrected chi connectivity index (χ1v) is 8.95. The van der Waals surface area contributed by atoms with Gasteiger partial charge in [-0.25, -0.2) is 24.0 Å². The van der Waals surface area contributed by atoms with Crippen LogP contribution in [0.5, 0.6) is 0 Å². The topological polar surface area (TPSA) is 97.1 Å². The van der Waals surface area contributed by atoms with Crippen molar-refractivity contribution in [3.63, 3.8) is 0 Å². The summed E-state index contributed by atoms with van der Waals surface area (Å²) >= 11 is 0. The van der Waals surface area contributed by atoms with Gasteiger partial charge in [0.05, 0.1) is 4.90 Å². The average Bonchev–Trinajstić information content (AvgIpc) is 2.53. The molecule has 0 aromatic carbocycles. The van der Waals surface area contributed by atoms with Gasteiger partial charge in [-0.15, -0.1) is 0 Å². The molecule has 2 rings (SSSR count).